The Kier molecular flexibility index (Phi) is 4.76. The molecule has 23 heavy (non-hydrogen) atoms. The average molecular weight is 312 g/mol. The number of carbonyl (C=O) groups excluding carboxylic acids is 1. The van der Waals surface area contributed by atoms with E-state index in [1.807, 2.05) is 60.2 Å². The molecule has 0 aliphatic carbocycles. The third kappa shape index (κ3) is 3.79. The van der Waals surface area contributed by atoms with Crippen molar-refractivity contribution in [3.05, 3.63) is 53.9 Å². The Bertz CT molecular complexity index is 634. The number of rotatable bonds is 4. The van der Waals surface area contributed by atoms with E-state index < -0.39 is 0 Å². The van der Waals surface area contributed by atoms with E-state index in [9.17, 15) is 4.79 Å². The molecule has 1 aromatic heterocycles. The fraction of sp³-hybridized carbons (Fsp3) is 0.444. The van der Waals surface area contributed by atoms with Crippen molar-refractivity contribution in [2.45, 2.75) is 25.4 Å². The van der Waals surface area contributed by atoms with Gasteiger partial charge in [-0.15, -0.1) is 0 Å². The largest absolute Gasteiger partial charge is 0.337 e. The molecule has 1 aliphatic rings. The number of piperidine rings is 1. The van der Waals surface area contributed by atoms with Gasteiger partial charge in [0, 0.05) is 37.6 Å². The van der Waals surface area contributed by atoms with Gasteiger partial charge < -0.3 is 9.80 Å². The van der Waals surface area contributed by atoms with E-state index in [0.717, 1.165) is 38.0 Å². The van der Waals surface area contributed by atoms with Crippen molar-refractivity contribution >= 4 is 5.91 Å². The number of benzene rings is 1. The van der Waals surface area contributed by atoms with Crippen LogP contribution in [0.1, 0.15) is 34.8 Å². The third-order valence-electron chi connectivity index (χ3n) is 4.28. The molecular weight excluding hydrogens is 288 g/mol. The summed E-state index contributed by atoms with van der Waals surface area (Å²) in [7, 11) is 4.09. The van der Waals surface area contributed by atoms with Gasteiger partial charge in [0.15, 0.2) is 0 Å². The molecule has 2 aromatic rings. The van der Waals surface area contributed by atoms with Gasteiger partial charge in [0.25, 0.3) is 5.91 Å². The van der Waals surface area contributed by atoms with E-state index in [1.54, 1.807) is 6.20 Å². The predicted molar refractivity (Wildman–Crippen MR) is 90.2 cm³/mol. The van der Waals surface area contributed by atoms with Crippen LogP contribution in [0.25, 0.3) is 0 Å². The molecule has 1 fully saturated rings. The summed E-state index contributed by atoms with van der Waals surface area (Å²) < 4.78 is 1.97. The van der Waals surface area contributed by atoms with Crippen LogP contribution in [0.3, 0.4) is 0 Å². The third-order valence-corrected chi connectivity index (χ3v) is 4.28. The first-order chi connectivity index (χ1) is 11.1. The number of hydrogen-bond donors (Lipinski definition) is 0. The molecule has 2 heterocycles. The fourth-order valence-electron chi connectivity index (χ4n) is 3.15. The summed E-state index contributed by atoms with van der Waals surface area (Å²) in [6.07, 6.45) is 5.88. The number of likely N-dealkylation sites (tertiary alicyclic amines) is 1. The Balaban J connectivity index is 1.67. The van der Waals surface area contributed by atoms with Crippen molar-refractivity contribution in [1.29, 1.82) is 0 Å². The zero-order valence-corrected chi connectivity index (χ0v) is 13.9. The number of carbonyl (C=O) groups is 1. The van der Waals surface area contributed by atoms with Gasteiger partial charge in [-0.3, -0.25) is 9.48 Å². The highest BCUT2D eigenvalue weighted by Gasteiger charge is 2.25. The van der Waals surface area contributed by atoms with Gasteiger partial charge in [-0.1, -0.05) is 12.1 Å². The van der Waals surface area contributed by atoms with E-state index in [0.29, 0.717) is 0 Å². The summed E-state index contributed by atoms with van der Waals surface area (Å²) in [5, 5.41) is 4.32. The van der Waals surface area contributed by atoms with Crippen LogP contribution in [0.2, 0.25) is 0 Å². The second-order valence-electron chi connectivity index (χ2n) is 6.47. The van der Waals surface area contributed by atoms with E-state index >= 15 is 0 Å². The lowest BCUT2D eigenvalue weighted by molar-refractivity contribution is 0.0673. The van der Waals surface area contributed by atoms with Crippen LogP contribution in [-0.2, 0) is 6.54 Å². The Morgan fingerprint density at radius 3 is 2.74 bits per heavy atom. The molecule has 5 nitrogen and oxygen atoms in total. The highest BCUT2D eigenvalue weighted by Crippen LogP contribution is 2.22. The maximum absolute atomic E-state index is 12.7. The zero-order valence-electron chi connectivity index (χ0n) is 13.9. The number of nitrogens with zero attached hydrogens (tertiary/aromatic N) is 4. The van der Waals surface area contributed by atoms with Gasteiger partial charge in [-0.05, 0) is 50.7 Å². The summed E-state index contributed by atoms with van der Waals surface area (Å²) in [5.74, 6) is 0.123. The van der Waals surface area contributed by atoms with E-state index in [4.69, 9.17) is 0 Å². The fourth-order valence-corrected chi connectivity index (χ4v) is 3.15. The van der Waals surface area contributed by atoms with Crippen molar-refractivity contribution in [2.24, 2.45) is 0 Å². The molecule has 0 unspecified atom stereocenters. The molecule has 122 valence electrons. The molecule has 0 N–H and O–H groups in total. The lowest BCUT2D eigenvalue weighted by atomic mass is 10.0. The van der Waals surface area contributed by atoms with Gasteiger partial charge in [0.05, 0.1) is 6.04 Å². The molecular formula is C18H24N4O. The Labute approximate surface area is 137 Å². The molecule has 0 radical (unpaired) electrons. The highest BCUT2D eigenvalue weighted by atomic mass is 16.2. The van der Waals surface area contributed by atoms with Crippen molar-refractivity contribution in [3.63, 3.8) is 0 Å². The quantitative estimate of drug-likeness (QED) is 0.870. The van der Waals surface area contributed by atoms with Gasteiger partial charge in [-0.2, -0.15) is 5.10 Å². The second-order valence-corrected chi connectivity index (χ2v) is 6.47. The van der Waals surface area contributed by atoms with Crippen molar-refractivity contribution in [2.75, 3.05) is 27.2 Å². The van der Waals surface area contributed by atoms with Gasteiger partial charge in [-0.25, -0.2) is 0 Å². The minimum Gasteiger partial charge on any atom is -0.337 e. The van der Waals surface area contributed by atoms with Gasteiger partial charge in [0.1, 0.15) is 0 Å². The lowest BCUT2D eigenvalue weighted by Gasteiger charge is -2.33. The SMILES string of the molecule is CN(C)Cc1ccc(C(=O)N2CCC[C@H](n3cccn3)C2)cc1. The maximum Gasteiger partial charge on any atom is 0.253 e. The number of amides is 1. The van der Waals surface area contributed by atoms with Crippen LogP contribution in [0.5, 0.6) is 0 Å². The van der Waals surface area contributed by atoms with Crippen molar-refractivity contribution < 1.29 is 4.79 Å². The van der Waals surface area contributed by atoms with Crippen LogP contribution in [0, 0.1) is 0 Å². The Morgan fingerprint density at radius 1 is 1.30 bits per heavy atom. The van der Waals surface area contributed by atoms with Crippen LogP contribution < -0.4 is 0 Å². The minimum absolute atomic E-state index is 0.123. The molecule has 1 aliphatic heterocycles. The second kappa shape index (κ2) is 6.96. The standard InChI is InChI=1S/C18H24N4O/c1-20(2)13-15-6-8-16(9-7-15)18(23)21-11-3-5-17(14-21)22-12-4-10-19-22/h4,6-10,12,17H,3,5,11,13-14H2,1-2H3/t17-/m0/s1. The van der Waals surface area contributed by atoms with E-state index in [-0.39, 0.29) is 11.9 Å². The molecule has 3 rings (SSSR count). The van der Waals surface area contributed by atoms with E-state index in [2.05, 4.69) is 10.00 Å². The Hall–Kier alpha value is -2.14. The molecule has 0 spiro atoms. The van der Waals surface area contributed by atoms with Crippen molar-refractivity contribution in [1.82, 2.24) is 19.6 Å². The van der Waals surface area contributed by atoms with Gasteiger partial charge >= 0.3 is 0 Å². The lowest BCUT2D eigenvalue weighted by Crippen LogP contribution is -2.40. The van der Waals surface area contributed by atoms with Crippen LogP contribution in [-0.4, -0.2) is 52.7 Å². The Morgan fingerprint density at radius 2 is 2.09 bits per heavy atom. The molecule has 1 aromatic carbocycles. The van der Waals surface area contributed by atoms with Gasteiger partial charge in [0.2, 0.25) is 0 Å². The first-order valence-electron chi connectivity index (χ1n) is 8.15. The normalized spacial score (nSPS) is 18.4. The minimum atomic E-state index is 0.123. The van der Waals surface area contributed by atoms with Crippen LogP contribution >= 0.6 is 0 Å². The number of aromatic nitrogens is 2. The topological polar surface area (TPSA) is 41.4 Å². The molecule has 5 heteroatoms. The first-order valence-corrected chi connectivity index (χ1v) is 8.15. The molecule has 0 bridgehead atoms. The summed E-state index contributed by atoms with van der Waals surface area (Å²) >= 11 is 0. The summed E-state index contributed by atoms with van der Waals surface area (Å²) in [5.41, 5.74) is 1.99. The molecule has 1 atom stereocenters. The van der Waals surface area contributed by atoms with Crippen LogP contribution in [0.15, 0.2) is 42.7 Å². The summed E-state index contributed by atoms with van der Waals surface area (Å²) in [6.45, 7) is 2.45. The highest BCUT2D eigenvalue weighted by molar-refractivity contribution is 5.94. The summed E-state index contributed by atoms with van der Waals surface area (Å²) in [6, 6.07) is 10.2. The molecule has 0 saturated carbocycles. The maximum atomic E-state index is 12.7. The molecule has 1 saturated heterocycles. The number of hydrogen-bond acceptors (Lipinski definition) is 3. The smallest absolute Gasteiger partial charge is 0.253 e. The zero-order chi connectivity index (χ0) is 16.2. The first kappa shape index (κ1) is 15.7. The molecule has 1 amide bonds. The monoisotopic (exact) mass is 312 g/mol. The summed E-state index contributed by atoms with van der Waals surface area (Å²) in [4.78, 5) is 16.8. The van der Waals surface area contributed by atoms with Crippen molar-refractivity contribution in [3.8, 4) is 0 Å². The predicted octanol–water partition coefficient (Wildman–Crippen LogP) is 2.42. The van der Waals surface area contributed by atoms with E-state index in [1.165, 1.54) is 5.56 Å². The van der Waals surface area contributed by atoms with Crippen LogP contribution in [0.4, 0.5) is 0 Å². The average Bonchev–Trinajstić information content (AvgIpc) is 3.09.